The molecule has 1 heterocycles. The van der Waals surface area contributed by atoms with Gasteiger partial charge in [0.1, 0.15) is 0 Å². The lowest BCUT2D eigenvalue weighted by Gasteiger charge is -2.21. The molecule has 0 radical (unpaired) electrons. The molecular formula is C9H16ClF3N2OS. The van der Waals surface area contributed by atoms with Gasteiger partial charge in [0.2, 0.25) is 5.91 Å². The topological polar surface area (TPSA) is 41.1 Å². The molecule has 0 aromatic heterocycles. The first kappa shape index (κ1) is 16.9. The maximum atomic E-state index is 11.8. The summed E-state index contributed by atoms with van der Waals surface area (Å²) in [5.41, 5.74) is -4.21. The number of nitrogens with one attached hydrogen (secondary N) is 2. The number of carbonyl (C=O) groups is 1. The lowest BCUT2D eigenvalue weighted by Crippen LogP contribution is -2.41. The molecule has 0 saturated carbocycles. The van der Waals surface area contributed by atoms with E-state index in [4.69, 9.17) is 0 Å². The third-order valence-electron chi connectivity index (χ3n) is 2.33. The molecule has 0 bridgehead atoms. The van der Waals surface area contributed by atoms with Crippen LogP contribution in [0.5, 0.6) is 0 Å². The Kier molecular flexibility index (Phi) is 7.98. The van der Waals surface area contributed by atoms with Gasteiger partial charge in [-0.15, -0.1) is 12.4 Å². The van der Waals surface area contributed by atoms with Gasteiger partial charge >= 0.3 is 5.51 Å². The zero-order chi connectivity index (χ0) is 12.0. The summed E-state index contributed by atoms with van der Waals surface area (Å²) in [5.74, 6) is -0.366. The van der Waals surface area contributed by atoms with Gasteiger partial charge < -0.3 is 10.6 Å². The second kappa shape index (κ2) is 8.05. The van der Waals surface area contributed by atoms with E-state index < -0.39 is 5.51 Å². The molecule has 0 aliphatic carbocycles. The molecule has 1 atom stereocenters. The van der Waals surface area contributed by atoms with Crippen molar-refractivity contribution in [2.75, 3.05) is 25.4 Å². The summed E-state index contributed by atoms with van der Waals surface area (Å²) in [5, 5.41) is 5.61. The van der Waals surface area contributed by atoms with Crippen molar-refractivity contribution in [3.05, 3.63) is 0 Å². The Morgan fingerprint density at radius 3 is 2.71 bits per heavy atom. The van der Waals surface area contributed by atoms with Gasteiger partial charge in [0.25, 0.3) is 0 Å². The fourth-order valence-electron chi connectivity index (χ4n) is 1.56. The molecule has 0 aromatic carbocycles. The van der Waals surface area contributed by atoms with E-state index in [2.05, 4.69) is 10.6 Å². The Hall–Kier alpha value is -0.140. The minimum atomic E-state index is -4.21. The molecule has 1 rings (SSSR count). The van der Waals surface area contributed by atoms with Crippen molar-refractivity contribution in [3.8, 4) is 0 Å². The van der Waals surface area contributed by atoms with Gasteiger partial charge in [-0.25, -0.2) is 0 Å². The highest BCUT2D eigenvalue weighted by molar-refractivity contribution is 8.00. The third kappa shape index (κ3) is 7.72. The van der Waals surface area contributed by atoms with Crippen LogP contribution in [0, 0.1) is 5.92 Å². The summed E-state index contributed by atoms with van der Waals surface area (Å²) in [6.07, 6.45) is 1.75. The van der Waals surface area contributed by atoms with E-state index in [-0.39, 0.29) is 48.3 Å². The predicted octanol–water partition coefficient (Wildman–Crippen LogP) is 1.78. The number of alkyl halides is 3. The third-order valence-corrected chi connectivity index (χ3v) is 3.07. The summed E-state index contributed by atoms with van der Waals surface area (Å²) >= 11 is -0.108. The van der Waals surface area contributed by atoms with Crippen molar-refractivity contribution in [3.63, 3.8) is 0 Å². The highest BCUT2D eigenvalue weighted by atomic mass is 35.5. The maximum Gasteiger partial charge on any atom is 0.441 e. The molecule has 8 heteroatoms. The molecule has 1 saturated heterocycles. The second-order valence-corrected chi connectivity index (χ2v) is 4.79. The van der Waals surface area contributed by atoms with Crippen molar-refractivity contribution >= 4 is 30.1 Å². The van der Waals surface area contributed by atoms with Crippen molar-refractivity contribution in [1.29, 1.82) is 0 Å². The number of rotatable bonds is 4. The molecule has 1 amide bonds. The number of amides is 1. The summed E-state index contributed by atoms with van der Waals surface area (Å²) < 4.78 is 35.3. The minimum Gasteiger partial charge on any atom is -0.355 e. The SMILES string of the molecule is Cl.O=C(NCCSC(F)(F)F)C1CCCNC1. The molecule has 3 nitrogen and oxygen atoms in total. The molecule has 1 aliphatic heterocycles. The lowest BCUT2D eigenvalue weighted by molar-refractivity contribution is -0.125. The van der Waals surface area contributed by atoms with E-state index in [1.165, 1.54) is 0 Å². The molecule has 0 aromatic rings. The standard InChI is InChI=1S/C9H15F3N2OS.ClH/c10-9(11,12)16-5-4-14-8(15)7-2-1-3-13-6-7;/h7,13H,1-6H2,(H,14,15);1H. The first-order valence-corrected chi connectivity index (χ1v) is 6.17. The molecule has 1 fully saturated rings. The van der Waals surface area contributed by atoms with Crippen LogP contribution in [0.25, 0.3) is 0 Å². The average molecular weight is 293 g/mol. The Morgan fingerprint density at radius 1 is 1.47 bits per heavy atom. The molecule has 0 spiro atoms. The van der Waals surface area contributed by atoms with E-state index in [9.17, 15) is 18.0 Å². The van der Waals surface area contributed by atoms with Crippen LogP contribution in [0.2, 0.25) is 0 Å². The zero-order valence-electron chi connectivity index (χ0n) is 9.18. The van der Waals surface area contributed by atoms with Gasteiger partial charge in [0.15, 0.2) is 0 Å². The van der Waals surface area contributed by atoms with Gasteiger partial charge in [-0.3, -0.25) is 4.79 Å². The van der Waals surface area contributed by atoms with Gasteiger partial charge in [0.05, 0.1) is 5.92 Å². The highest BCUT2D eigenvalue weighted by Crippen LogP contribution is 2.29. The highest BCUT2D eigenvalue weighted by Gasteiger charge is 2.27. The Morgan fingerprint density at radius 2 is 2.18 bits per heavy atom. The van der Waals surface area contributed by atoms with E-state index in [1.54, 1.807) is 0 Å². The zero-order valence-corrected chi connectivity index (χ0v) is 10.8. The first-order valence-electron chi connectivity index (χ1n) is 5.18. The van der Waals surface area contributed by atoms with E-state index >= 15 is 0 Å². The van der Waals surface area contributed by atoms with Crippen LogP contribution >= 0.6 is 24.2 Å². The summed E-state index contributed by atoms with van der Waals surface area (Å²) in [4.78, 5) is 11.5. The van der Waals surface area contributed by atoms with Crippen LogP contribution < -0.4 is 10.6 Å². The normalized spacial score (nSPS) is 20.5. The van der Waals surface area contributed by atoms with Gasteiger partial charge in [-0.1, -0.05) is 0 Å². The Bertz CT molecular complexity index is 235. The van der Waals surface area contributed by atoms with E-state index in [0.717, 1.165) is 19.4 Å². The monoisotopic (exact) mass is 292 g/mol. The lowest BCUT2D eigenvalue weighted by atomic mass is 9.99. The smallest absolute Gasteiger partial charge is 0.355 e. The summed E-state index contributed by atoms with van der Waals surface area (Å²) in [6.45, 7) is 1.60. The van der Waals surface area contributed by atoms with Crippen LogP contribution in [-0.4, -0.2) is 36.8 Å². The first-order chi connectivity index (χ1) is 7.49. The Labute approximate surface area is 109 Å². The number of carbonyl (C=O) groups excluding carboxylic acids is 1. The average Bonchev–Trinajstić information content (AvgIpc) is 2.24. The van der Waals surface area contributed by atoms with Crippen LogP contribution in [0.1, 0.15) is 12.8 Å². The summed E-state index contributed by atoms with van der Waals surface area (Å²) in [7, 11) is 0. The second-order valence-electron chi connectivity index (χ2n) is 3.63. The van der Waals surface area contributed by atoms with E-state index in [0.29, 0.717) is 6.54 Å². The fourth-order valence-corrected chi connectivity index (χ4v) is 2.00. The molecule has 17 heavy (non-hydrogen) atoms. The van der Waals surface area contributed by atoms with Crippen molar-refractivity contribution in [1.82, 2.24) is 10.6 Å². The molecule has 102 valence electrons. The number of hydrogen-bond donors (Lipinski definition) is 2. The quantitative estimate of drug-likeness (QED) is 0.776. The van der Waals surface area contributed by atoms with Gasteiger partial charge in [0, 0.05) is 18.8 Å². The number of piperidine rings is 1. The number of hydrogen-bond acceptors (Lipinski definition) is 3. The largest absolute Gasteiger partial charge is 0.441 e. The molecule has 1 unspecified atom stereocenters. The summed E-state index contributed by atoms with van der Waals surface area (Å²) in [6, 6.07) is 0. The number of thioether (sulfide) groups is 1. The fraction of sp³-hybridized carbons (Fsp3) is 0.889. The van der Waals surface area contributed by atoms with Crippen LogP contribution in [0.15, 0.2) is 0 Å². The van der Waals surface area contributed by atoms with Crippen molar-refractivity contribution in [2.45, 2.75) is 18.3 Å². The van der Waals surface area contributed by atoms with Crippen LogP contribution in [0.3, 0.4) is 0 Å². The van der Waals surface area contributed by atoms with Crippen molar-refractivity contribution < 1.29 is 18.0 Å². The minimum absolute atomic E-state index is 0. The van der Waals surface area contributed by atoms with Gasteiger partial charge in [-0.05, 0) is 31.1 Å². The van der Waals surface area contributed by atoms with Gasteiger partial charge in [-0.2, -0.15) is 13.2 Å². The van der Waals surface area contributed by atoms with Crippen molar-refractivity contribution in [2.24, 2.45) is 5.92 Å². The number of halogens is 4. The van der Waals surface area contributed by atoms with Crippen LogP contribution in [-0.2, 0) is 4.79 Å². The predicted molar refractivity (Wildman–Crippen MR) is 64.4 cm³/mol. The molecule has 1 aliphatic rings. The molecular weight excluding hydrogens is 277 g/mol. The molecule has 2 N–H and O–H groups in total. The Balaban J connectivity index is 0.00000256. The van der Waals surface area contributed by atoms with E-state index in [1.807, 2.05) is 0 Å². The van der Waals surface area contributed by atoms with Crippen LogP contribution in [0.4, 0.5) is 13.2 Å². The maximum absolute atomic E-state index is 11.8.